The van der Waals surface area contributed by atoms with Gasteiger partial charge in [0.05, 0.1) is 0 Å². The van der Waals surface area contributed by atoms with Crippen molar-refractivity contribution in [1.29, 1.82) is 0 Å². The smallest absolute Gasteiger partial charge is 0.0492 e. The first-order valence-corrected chi connectivity index (χ1v) is 7.31. The molecular formula is C16H21ClN2. The Hall–Kier alpha value is -1.28. The lowest BCUT2D eigenvalue weighted by Gasteiger charge is -2.14. The zero-order chi connectivity index (χ0) is 13.7. The number of halogens is 1. The molecule has 0 bridgehead atoms. The van der Waals surface area contributed by atoms with E-state index in [0.29, 0.717) is 11.8 Å². The van der Waals surface area contributed by atoms with Crippen molar-refractivity contribution in [2.75, 3.05) is 5.88 Å². The first kappa shape index (κ1) is 14.1. The molecule has 0 radical (unpaired) electrons. The number of nitrogens with zero attached hydrogens (tertiary/aromatic N) is 2. The van der Waals surface area contributed by atoms with E-state index in [4.69, 9.17) is 11.6 Å². The number of aromatic nitrogens is 2. The zero-order valence-electron chi connectivity index (χ0n) is 11.6. The number of aryl methyl sites for hydroxylation is 3. The highest BCUT2D eigenvalue weighted by atomic mass is 35.5. The fourth-order valence-corrected chi connectivity index (χ4v) is 2.55. The van der Waals surface area contributed by atoms with E-state index in [2.05, 4.69) is 42.4 Å². The van der Waals surface area contributed by atoms with Crippen molar-refractivity contribution >= 4 is 11.6 Å². The fourth-order valence-electron chi connectivity index (χ4n) is 2.29. The van der Waals surface area contributed by atoms with E-state index < -0.39 is 0 Å². The predicted octanol–water partition coefficient (Wildman–Crippen LogP) is 3.76. The van der Waals surface area contributed by atoms with Gasteiger partial charge in [-0.2, -0.15) is 5.10 Å². The second-order valence-corrected chi connectivity index (χ2v) is 5.50. The van der Waals surface area contributed by atoms with Gasteiger partial charge in [0.25, 0.3) is 0 Å². The number of hydrogen-bond acceptors (Lipinski definition) is 1. The van der Waals surface area contributed by atoms with Crippen molar-refractivity contribution < 1.29 is 0 Å². The summed E-state index contributed by atoms with van der Waals surface area (Å²) < 4.78 is 1.94. The molecule has 2 aromatic rings. The molecule has 0 saturated carbocycles. The third-order valence-corrected chi connectivity index (χ3v) is 4.03. The Bertz CT molecular complexity index is 502. The van der Waals surface area contributed by atoms with Crippen molar-refractivity contribution in [3.05, 3.63) is 53.3 Å². The fraction of sp³-hybridized carbons (Fsp3) is 0.438. The summed E-state index contributed by atoms with van der Waals surface area (Å²) in [7, 11) is 1.99. The minimum atomic E-state index is 0.527. The molecule has 0 fully saturated rings. The molecule has 19 heavy (non-hydrogen) atoms. The van der Waals surface area contributed by atoms with Crippen molar-refractivity contribution in [2.45, 2.75) is 26.2 Å². The van der Waals surface area contributed by atoms with E-state index in [9.17, 15) is 0 Å². The van der Waals surface area contributed by atoms with Crippen molar-refractivity contribution in [3.63, 3.8) is 0 Å². The largest absolute Gasteiger partial charge is 0.273 e. The van der Waals surface area contributed by atoms with Gasteiger partial charge in [0.1, 0.15) is 0 Å². The summed E-state index contributed by atoms with van der Waals surface area (Å²) >= 11 is 6.11. The Morgan fingerprint density at radius 3 is 2.53 bits per heavy atom. The van der Waals surface area contributed by atoms with Gasteiger partial charge in [-0.1, -0.05) is 29.8 Å². The van der Waals surface area contributed by atoms with Gasteiger partial charge in [-0.15, -0.1) is 11.6 Å². The Labute approximate surface area is 120 Å². The normalized spacial score (nSPS) is 12.6. The highest BCUT2D eigenvalue weighted by molar-refractivity contribution is 6.18. The number of hydrogen-bond donors (Lipinski definition) is 0. The van der Waals surface area contributed by atoms with Gasteiger partial charge in [0.2, 0.25) is 0 Å². The third-order valence-electron chi connectivity index (χ3n) is 3.59. The molecule has 2 nitrogen and oxygen atoms in total. The van der Waals surface area contributed by atoms with E-state index in [1.54, 1.807) is 0 Å². The summed E-state index contributed by atoms with van der Waals surface area (Å²) in [6.45, 7) is 2.12. The van der Waals surface area contributed by atoms with Crippen LogP contribution >= 0.6 is 11.6 Å². The summed E-state index contributed by atoms with van der Waals surface area (Å²) in [4.78, 5) is 0. The number of alkyl halides is 1. The summed E-state index contributed by atoms with van der Waals surface area (Å²) in [5.41, 5.74) is 3.96. The zero-order valence-corrected chi connectivity index (χ0v) is 12.4. The monoisotopic (exact) mass is 276 g/mol. The molecule has 0 amide bonds. The van der Waals surface area contributed by atoms with Gasteiger partial charge in [-0.25, -0.2) is 0 Å². The SMILES string of the molecule is Cc1ccc(CC(CCl)CCc2ccnn2C)cc1. The molecular weight excluding hydrogens is 256 g/mol. The van der Waals surface area contributed by atoms with Gasteiger partial charge >= 0.3 is 0 Å². The van der Waals surface area contributed by atoms with Crippen LogP contribution in [0.2, 0.25) is 0 Å². The number of benzene rings is 1. The molecule has 2 rings (SSSR count). The van der Waals surface area contributed by atoms with Crippen molar-refractivity contribution in [1.82, 2.24) is 9.78 Å². The molecule has 1 aromatic heterocycles. The van der Waals surface area contributed by atoms with Crippen molar-refractivity contribution in [3.8, 4) is 0 Å². The molecule has 3 heteroatoms. The maximum Gasteiger partial charge on any atom is 0.0492 e. The van der Waals surface area contributed by atoms with Gasteiger partial charge in [0.15, 0.2) is 0 Å². The van der Waals surface area contributed by atoms with E-state index in [1.807, 2.05) is 17.9 Å². The van der Waals surface area contributed by atoms with Gasteiger partial charge in [-0.3, -0.25) is 4.68 Å². The predicted molar refractivity (Wildman–Crippen MR) is 80.6 cm³/mol. The van der Waals surface area contributed by atoms with Crippen molar-refractivity contribution in [2.24, 2.45) is 13.0 Å². The molecule has 0 spiro atoms. The Balaban J connectivity index is 1.90. The maximum absolute atomic E-state index is 6.11. The minimum absolute atomic E-state index is 0.527. The second-order valence-electron chi connectivity index (χ2n) is 5.19. The molecule has 0 aliphatic rings. The van der Waals surface area contributed by atoms with E-state index >= 15 is 0 Å². The van der Waals surface area contributed by atoms with Crippen LogP contribution in [-0.4, -0.2) is 15.7 Å². The first-order valence-electron chi connectivity index (χ1n) is 6.77. The molecule has 0 saturated heterocycles. The lowest BCUT2D eigenvalue weighted by molar-refractivity contribution is 0.523. The van der Waals surface area contributed by atoms with Crippen LogP contribution in [0.3, 0.4) is 0 Å². The van der Waals surface area contributed by atoms with Crippen LogP contribution in [0.25, 0.3) is 0 Å². The van der Waals surface area contributed by atoms with Crippen LogP contribution in [0.5, 0.6) is 0 Å². The highest BCUT2D eigenvalue weighted by Gasteiger charge is 2.10. The molecule has 0 aliphatic heterocycles. The molecule has 0 aliphatic carbocycles. The topological polar surface area (TPSA) is 17.8 Å². The summed E-state index contributed by atoms with van der Waals surface area (Å²) in [5, 5.41) is 4.20. The Morgan fingerprint density at radius 1 is 1.21 bits per heavy atom. The molecule has 1 atom stereocenters. The van der Waals surface area contributed by atoms with Gasteiger partial charge < -0.3 is 0 Å². The van der Waals surface area contributed by atoms with Crippen LogP contribution in [0.1, 0.15) is 23.2 Å². The third kappa shape index (κ3) is 4.10. The minimum Gasteiger partial charge on any atom is -0.273 e. The van der Waals surface area contributed by atoms with Crippen LogP contribution in [0, 0.1) is 12.8 Å². The lowest BCUT2D eigenvalue weighted by Crippen LogP contribution is -2.09. The average molecular weight is 277 g/mol. The van der Waals surface area contributed by atoms with E-state index in [1.165, 1.54) is 16.8 Å². The first-order chi connectivity index (χ1) is 9.19. The van der Waals surface area contributed by atoms with Crippen LogP contribution in [0.4, 0.5) is 0 Å². The Morgan fingerprint density at radius 2 is 1.95 bits per heavy atom. The number of rotatable bonds is 6. The average Bonchev–Trinajstić information content (AvgIpc) is 2.82. The highest BCUT2D eigenvalue weighted by Crippen LogP contribution is 2.17. The molecule has 1 aromatic carbocycles. The van der Waals surface area contributed by atoms with Crippen LogP contribution in [-0.2, 0) is 19.9 Å². The lowest BCUT2D eigenvalue weighted by atomic mass is 9.95. The maximum atomic E-state index is 6.11. The molecule has 0 N–H and O–H groups in total. The second kappa shape index (κ2) is 6.76. The molecule has 1 unspecified atom stereocenters. The van der Waals surface area contributed by atoms with E-state index in [-0.39, 0.29) is 0 Å². The van der Waals surface area contributed by atoms with Crippen LogP contribution < -0.4 is 0 Å². The molecule has 1 heterocycles. The molecule has 102 valence electrons. The van der Waals surface area contributed by atoms with Gasteiger partial charge in [-0.05, 0) is 43.7 Å². The quantitative estimate of drug-likeness (QED) is 0.735. The van der Waals surface area contributed by atoms with Crippen LogP contribution in [0.15, 0.2) is 36.5 Å². The standard InChI is InChI=1S/C16H21ClN2/c1-13-3-5-14(6-4-13)11-15(12-17)7-8-16-9-10-18-19(16)2/h3-6,9-10,15H,7-8,11-12H2,1-2H3. The summed E-state index contributed by atoms with van der Waals surface area (Å²) in [5.74, 6) is 1.24. The summed E-state index contributed by atoms with van der Waals surface area (Å²) in [6.07, 6.45) is 5.06. The van der Waals surface area contributed by atoms with E-state index in [0.717, 1.165) is 19.3 Å². The Kier molecular flexibility index (Phi) is 5.03. The summed E-state index contributed by atoms with van der Waals surface area (Å²) in [6, 6.07) is 10.8. The van der Waals surface area contributed by atoms with Gasteiger partial charge in [0, 0.05) is 24.8 Å².